The molecule has 4 aromatic rings. The summed E-state index contributed by atoms with van der Waals surface area (Å²) in [5.41, 5.74) is -0.0992. The lowest BCUT2D eigenvalue weighted by Gasteiger charge is -2.42. The number of alkyl halides is 2. The molecule has 1 aromatic carbocycles. The van der Waals surface area contributed by atoms with Crippen molar-refractivity contribution in [3.05, 3.63) is 77.2 Å². The lowest BCUT2D eigenvalue weighted by Crippen LogP contribution is -2.53. The number of piperidine rings is 2. The number of fused-ring (bicyclic) bond motifs is 1. The van der Waals surface area contributed by atoms with E-state index in [1.54, 1.807) is 17.2 Å². The average Bonchev–Trinajstić information content (AvgIpc) is 3.67. The Morgan fingerprint density at radius 3 is 2.49 bits per heavy atom. The van der Waals surface area contributed by atoms with Crippen molar-refractivity contribution in [1.29, 1.82) is 0 Å². The van der Waals surface area contributed by atoms with Crippen molar-refractivity contribution >= 4 is 23.0 Å². The Morgan fingerprint density at radius 1 is 1.07 bits per heavy atom. The van der Waals surface area contributed by atoms with Crippen LogP contribution >= 0.6 is 0 Å². The van der Waals surface area contributed by atoms with Gasteiger partial charge in [-0.25, -0.2) is 14.5 Å². The van der Waals surface area contributed by atoms with Crippen molar-refractivity contribution in [1.82, 2.24) is 33.7 Å². The normalized spacial score (nSPS) is 20.6. The highest BCUT2D eigenvalue weighted by Crippen LogP contribution is 2.35. The van der Waals surface area contributed by atoms with Crippen LogP contribution in [0.5, 0.6) is 0 Å². The van der Waals surface area contributed by atoms with E-state index in [0.717, 1.165) is 11.8 Å². The molecule has 0 unspecified atom stereocenters. The Kier molecular flexibility index (Phi) is 7.46. The maximum Gasteiger partial charge on any atom is 0.407 e. The third-order valence-corrected chi connectivity index (χ3v) is 8.63. The lowest BCUT2D eigenvalue weighted by molar-refractivity contribution is -0.142. The van der Waals surface area contributed by atoms with E-state index in [4.69, 9.17) is 0 Å². The quantitative estimate of drug-likeness (QED) is 0.350. The zero-order valence-corrected chi connectivity index (χ0v) is 23.2. The van der Waals surface area contributed by atoms with Crippen LogP contribution in [0.1, 0.15) is 37.3 Å². The van der Waals surface area contributed by atoms with Crippen molar-refractivity contribution in [2.24, 2.45) is 5.92 Å². The fourth-order valence-electron chi connectivity index (χ4n) is 6.25. The summed E-state index contributed by atoms with van der Waals surface area (Å²) in [6, 6.07) is 11.0. The van der Waals surface area contributed by atoms with Gasteiger partial charge in [-0.15, -0.1) is 0 Å². The standard InChI is InChI=1S/C29H31F2N7O5/c30-27(31)38-15-20(14-33-38)37-11-7-22-24(37)32-18-36(26(22)40)17-29(43)8-12-34(13-9-29)25(39)21-6-10-35(28(41)42)16-23(21)19-4-2-1-3-5-19/h1-5,7,11,14-15,18,21,23,27,43H,6,8-10,12-13,16-17H2,(H,41,42)/t21-,23+/m1/s1. The monoisotopic (exact) mass is 595 g/mol. The minimum absolute atomic E-state index is 0.0189. The zero-order valence-electron chi connectivity index (χ0n) is 23.2. The van der Waals surface area contributed by atoms with Gasteiger partial charge in [0.15, 0.2) is 5.65 Å². The van der Waals surface area contributed by atoms with Gasteiger partial charge in [-0.05, 0) is 30.9 Å². The molecule has 0 radical (unpaired) electrons. The van der Waals surface area contributed by atoms with E-state index in [-0.39, 0.29) is 66.8 Å². The summed E-state index contributed by atoms with van der Waals surface area (Å²) in [6.45, 7) is -1.70. The Bertz CT molecular complexity index is 1690. The maximum atomic E-state index is 13.7. The molecular weight excluding hydrogens is 564 g/mol. The van der Waals surface area contributed by atoms with Crippen molar-refractivity contribution in [2.45, 2.75) is 43.9 Å². The predicted molar refractivity (Wildman–Crippen MR) is 150 cm³/mol. The molecule has 43 heavy (non-hydrogen) atoms. The summed E-state index contributed by atoms with van der Waals surface area (Å²) >= 11 is 0. The van der Waals surface area contributed by atoms with Crippen LogP contribution in [0.25, 0.3) is 16.7 Å². The number of nitrogens with zero attached hydrogens (tertiary/aromatic N) is 7. The highest BCUT2D eigenvalue weighted by Gasteiger charge is 2.41. The van der Waals surface area contributed by atoms with E-state index in [1.165, 1.54) is 26.6 Å². The number of aromatic nitrogens is 5. The number of amides is 2. The summed E-state index contributed by atoms with van der Waals surface area (Å²) in [6.07, 6.45) is 5.21. The second-order valence-corrected chi connectivity index (χ2v) is 11.2. The SMILES string of the molecule is O=C(O)N1CC[C@@H](C(=O)N2CCC(O)(Cn3cnc4c(ccn4-c4cnn(C(F)F)c4)c3=O)CC2)[C@H](c2ccccc2)C1. The molecule has 0 spiro atoms. The molecule has 2 fully saturated rings. The molecule has 0 aliphatic carbocycles. The molecule has 2 amide bonds. The summed E-state index contributed by atoms with van der Waals surface area (Å²) in [7, 11) is 0. The van der Waals surface area contributed by atoms with Gasteiger partial charge >= 0.3 is 12.6 Å². The Balaban J connectivity index is 1.14. The van der Waals surface area contributed by atoms with Gasteiger partial charge < -0.3 is 20.0 Å². The van der Waals surface area contributed by atoms with Crippen molar-refractivity contribution < 1.29 is 28.6 Å². The first-order valence-electron chi connectivity index (χ1n) is 14.1. The summed E-state index contributed by atoms with van der Waals surface area (Å²) in [5.74, 6) is -0.708. The second-order valence-electron chi connectivity index (χ2n) is 11.2. The number of aliphatic hydroxyl groups is 1. The van der Waals surface area contributed by atoms with E-state index in [0.29, 0.717) is 29.9 Å². The molecule has 14 heteroatoms. The van der Waals surface area contributed by atoms with E-state index < -0.39 is 18.2 Å². The smallest absolute Gasteiger partial charge is 0.407 e. The first-order valence-corrected chi connectivity index (χ1v) is 14.1. The Labute approximate surface area is 244 Å². The number of carbonyl (C=O) groups excluding carboxylic acids is 1. The number of likely N-dealkylation sites (tertiary alicyclic amines) is 2. The van der Waals surface area contributed by atoms with Crippen molar-refractivity contribution in [3.8, 4) is 5.69 Å². The largest absolute Gasteiger partial charge is 0.465 e. The topological polar surface area (TPSA) is 139 Å². The van der Waals surface area contributed by atoms with Gasteiger partial charge in [0, 0.05) is 44.2 Å². The van der Waals surface area contributed by atoms with Crippen LogP contribution in [0.3, 0.4) is 0 Å². The molecule has 3 aromatic heterocycles. The first kappa shape index (κ1) is 28.5. The van der Waals surface area contributed by atoms with Crippen molar-refractivity contribution in [2.75, 3.05) is 26.2 Å². The van der Waals surface area contributed by atoms with Crippen LogP contribution in [0, 0.1) is 5.92 Å². The fourth-order valence-corrected chi connectivity index (χ4v) is 6.25. The van der Waals surface area contributed by atoms with Gasteiger partial charge in [-0.1, -0.05) is 30.3 Å². The number of hydrogen-bond donors (Lipinski definition) is 2. The molecule has 6 rings (SSSR count). The summed E-state index contributed by atoms with van der Waals surface area (Å²) in [4.78, 5) is 46.1. The van der Waals surface area contributed by atoms with Crippen LogP contribution in [-0.2, 0) is 11.3 Å². The van der Waals surface area contributed by atoms with E-state index >= 15 is 0 Å². The minimum atomic E-state index is -2.79. The third-order valence-electron chi connectivity index (χ3n) is 8.63. The van der Waals surface area contributed by atoms with Gasteiger partial charge in [0.25, 0.3) is 5.56 Å². The first-order chi connectivity index (χ1) is 20.6. The average molecular weight is 596 g/mol. The molecular formula is C29H31F2N7O5. The van der Waals surface area contributed by atoms with E-state index in [9.17, 15) is 33.4 Å². The van der Waals surface area contributed by atoms with Gasteiger partial charge in [-0.3, -0.25) is 18.7 Å². The molecule has 2 saturated heterocycles. The Morgan fingerprint density at radius 2 is 1.81 bits per heavy atom. The number of rotatable bonds is 6. The highest BCUT2D eigenvalue weighted by atomic mass is 19.3. The molecule has 2 aliphatic heterocycles. The molecule has 2 N–H and O–H groups in total. The van der Waals surface area contributed by atoms with Crippen LogP contribution in [0.15, 0.2) is 66.1 Å². The number of carboxylic acid groups (broad SMARTS) is 1. The van der Waals surface area contributed by atoms with Crippen LogP contribution in [0.2, 0.25) is 0 Å². The second kappa shape index (κ2) is 11.2. The number of benzene rings is 1. The summed E-state index contributed by atoms with van der Waals surface area (Å²) in [5, 5.41) is 24.9. The molecule has 2 atom stereocenters. The number of halogens is 2. The maximum absolute atomic E-state index is 13.7. The van der Waals surface area contributed by atoms with Crippen molar-refractivity contribution in [3.63, 3.8) is 0 Å². The van der Waals surface area contributed by atoms with Crippen LogP contribution < -0.4 is 5.56 Å². The molecule has 0 saturated carbocycles. The van der Waals surface area contributed by atoms with Crippen LogP contribution in [-0.4, -0.2) is 87.7 Å². The molecule has 0 bridgehead atoms. The molecule has 226 valence electrons. The zero-order chi connectivity index (χ0) is 30.3. The van der Waals surface area contributed by atoms with E-state index in [2.05, 4.69) is 10.1 Å². The lowest BCUT2D eigenvalue weighted by atomic mass is 9.79. The molecule has 5 heterocycles. The number of hydrogen-bond acceptors (Lipinski definition) is 6. The van der Waals surface area contributed by atoms with Gasteiger partial charge in [0.05, 0.1) is 35.6 Å². The molecule has 12 nitrogen and oxygen atoms in total. The van der Waals surface area contributed by atoms with Gasteiger partial charge in [0.2, 0.25) is 5.91 Å². The minimum Gasteiger partial charge on any atom is -0.465 e. The summed E-state index contributed by atoms with van der Waals surface area (Å²) < 4.78 is 29.3. The number of carbonyl (C=O) groups is 2. The third kappa shape index (κ3) is 5.49. The van der Waals surface area contributed by atoms with Gasteiger partial charge in [0.1, 0.15) is 6.33 Å². The van der Waals surface area contributed by atoms with Crippen LogP contribution in [0.4, 0.5) is 13.6 Å². The molecule has 2 aliphatic rings. The van der Waals surface area contributed by atoms with Gasteiger partial charge in [-0.2, -0.15) is 13.9 Å². The highest BCUT2D eigenvalue weighted by molar-refractivity contribution is 5.81. The fraction of sp³-hybridized carbons (Fsp3) is 0.414. The Hall–Kier alpha value is -4.59. The van der Waals surface area contributed by atoms with E-state index in [1.807, 2.05) is 30.3 Å². The predicted octanol–water partition coefficient (Wildman–Crippen LogP) is 2.92.